The van der Waals surface area contributed by atoms with Crippen molar-refractivity contribution in [2.75, 3.05) is 17.2 Å². The summed E-state index contributed by atoms with van der Waals surface area (Å²) in [5, 5.41) is 9.33. The zero-order chi connectivity index (χ0) is 31.1. The maximum atomic E-state index is 13.0. The lowest BCUT2D eigenvalue weighted by Crippen LogP contribution is -2.24. The van der Waals surface area contributed by atoms with Gasteiger partial charge in [-0.05, 0) is 104 Å². The summed E-state index contributed by atoms with van der Waals surface area (Å²) in [6.45, 7) is 9.08. The average Bonchev–Trinajstić information content (AvgIpc) is 3.02. The molecule has 44 heavy (non-hydrogen) atoms. The van der Waals surface area contributed by atoms with Crippen molar-refractivity contribution in [2.24, 2.45) is 0 Å². The second kappa shape index (κ2) is 13.7. The highest BCUT2D eigenvalue weighted by molar-refractivity contribution is 6.05. The first-order valence-electron chi connectivity index (χ1n) is 15.4. The largest absolute Gasteiger partial charge is 0.352 e. The zero-order valence-electron chi connectivity index (χ0n) is 26.0. The topological polar surface area (TPSA) is 96.0 Å². The van der Waals surface area contributed by atoms with Gasteiger partial charge in [0.1, 0.15) is 0 Å². The Balaban J connectivity index is 1.22. The first-order valence-corrected chi connectivity index (χ1v) is 15.4. The van der Waals surface area contributed by atoms with Crippen LogP contribution in [0.15, 0.2) is 90.6 Å². The molecule has 5 rings (SSSR count). The molecule has 0 saturated carbocycles. The Morgan fingerprint density at radius 3 is 2.30 bits per heavy atom. The predicted molar refractivity (Wildman–Crippen MR) is 179 cm³/mol. The monoisotopic (exact) mass is 587 g/mol. The molecule has 1 aliphatic rings. The minimum absolute atomic E-state index is 0.0249. The second-order valence-electron chi connectivity index (χ2n) is 12.3. The molecule has 1 heterocycles. The lowest BCUT2D eigenvalue weighted by Gasteiger charge is -2.19. The predicted octanol–water partition coefficient (Wildman–Crippen LogP) is 8.37. The van der Waals surface area contributed by atoms with E-state index >= 15 is 0 Å². The third-order valence-electron chi connectivity index (χ3n) is 8.05. The quantitative estimate of drug-likeness (QED) is 0.171. The molecule has 0 bridgehead atoms. The van der Waals surface area contributed by atoms with Gasteiger partial charge in [0.05, 0.1) is 5.69 Å². The number of aromatic nitrogens is 2. The Bertz CT molecular complexity index is 1650. The number of anilines is 3. The molecule has 2 amide bonds. The van der Waals surface area contributed by atoms with Gasteiger partial charge in [-0.15, -0.1) is 0 Å². The molecule has 226 valence electrons. The number of hydrogen-bond acceptors (Lipinski definition) is 5. The highest BCUT2D eigenvalue weighted by Gasteiger charge is 2.16. The van der Waals surface area contributed by atoms with Crippen LogP contribution in [-0.2, 0) is 5.41 Å². The third-order valence-corrected chi connectivity index (χ3v) is 8.05. The SMILES string of the molecule is Cc1c(NC(=O)c2ccc(C(C)(C)C)cc2)cccc1-c1ccnc(Nc2ccc(C(=O)NCCC3=CCCCC3)cc2)n1. The molecule has 0 fully saturated rings. The van der Waals surface area contributed by atoms with Crippen LogP contribution in [0.25, 0.3) is 11.3 Å². The van der Waals surface area contributed by atoms with Crippen molar-refractivity contribution < 1.29 is 9.59 Å². The fraction of sp³-hybridized carbons (Fsp3) is 0.297. The van der Waals surface area contributed by atoms with Crippen molar-refractivity contribution >= 4 is 29.1 Å². The summed E-state index contributed by atoms with van der Waals surface area (Å²) in [6.07, 6.45) is 9.76. The molecular formula is C37H41N5O2. The van der Waals surface area contributed by atoms with Gasteiger partial charge in [-0.2, -0.15) is 0 Å². The van der Waals surface area contributed by atoms with E-state index in [2.05, 4.69) is 47.8 Å². The van der Waals surface area contributed by atoms with Gasteiger partial charge in [-0.1, -0.05) is 56.7 Å². The number of nitrogens with one attached hydrogen (secondary N) is 3. The first-order chi connectivity index (χ1) is 21.2. The van der Waals surface area contributed by atoms with Gasteiger partial charge in [0.15, 0.2) is 0 Å². The Morgan fingerprint density at radius 2 is 1.59 bits per heavy atom. The highest BCUT2D eigenvalue weighted by atomic mass is 16.2. The van der Waals surface area contributed by atoms with Crippen molar-refractivity contribution in [1.29, 1.82) is 0 Å². The molecule has 0 radical (unpaired) electrons. The number of nitrogens with zero attached hydrogens (tertiary/aromatic N) is 2. The summed E-state index contributed by atoms with van der Waals surface area (Å²) in [5.74, 6) is 0.207. The number of allylic oxidation sites excluding steroid dienone is 1. The van der Waals surface area contributed by atoms with Crippen LogP contribution in [0.4, 0.5) is 17.3 Å². The number of amides is 2. The minimum Gasteiger partial charge on any atom is -0.352 e. The number of hydrogen-bond donors (Lipinski definition) is 3. The third kappa shape index (κ3) is 7.78. The van der Waals surface area contributed by atoms with E-state index in [0.29, 0.717) is 23.6 Å². The highest BCUT2D eigenvalue weighted by Crippen LogP contribution is 2.29. The Kier molecular flexibility index (Phi) is 9.53. The van der Waals surface area contributed by atoms with Crippen molar-refractivity contribution in [3.63, 3.8) is 0 Å². The molecule has 7 heteroatoms. The summed E-state index contributed by atoms with van der Waals surface area (Å²) in [4.78, 5) is 34.8. The maximum Gasteiger partial charge on any atom is 0.255 e. The average molecular weight is 588 g/mol. The summed E-state index contributed by atoms with van der Waals surface area (Å²) >= 11 is 0. The van der Waals surface area contributed by atoms with Crippen LogP contribution in [-0.4, -0.2) is 28.3 Å². The van der Waals surface area contributed by atoms with Crippen molar-refractivity contribution in [1.82, 2.24) is 15.3 Å². The van der Waals surface area contributed by atoms with Crippen molar-refractivity contribution in [3.05, 3.63) is 113 Å². The zero-order valence-corrected chi connectivity index (χ0v) is 26.0. The van der Waals surface area contributed by atoms with Crippen LogP contribution < -0.4 is 16.0 Å². The summed E-state index contributed by atoms with van der Waals surface area (Å²) in [5.41, 5.74) is 7.92. The van der Waals surface area contributed by atoms with Crippen LogP contribution >= 0.6 is 0 Å². The Labute approximate surface area is 260 Å². The molecule has 0 spiro atoms. The fourth-order valence-electron chi connectivity index (χ4n) is 5.34. The van der Waals surface area contributed by atoms with Crippen LogP contribution in [0, 0.1) is 6.92 Å². The lowest BCUT2D eigenvalue weighted by molar-refractivity contribution is 0.0953. The summed E-state index contributed by atoms with van der Waals surface area (Å²) in [6, 6.07) is 22.7. The number of rotatable bonds is 9. The van der Waals surface area contributed by atoms with Gasteiger partial charge in [0, 0.05) is 40.8 Å². The fourth-order valence-corrected chi connectivity index (χ4v) is 5.34. The van der Waals surface area contributed by atoms with Crippen LogP contribution in [0.2, 0.25) is 0 Å². The van der Waals surface area contributed by atoms with E-state index in [1.165, 1.54) is 24.0 Å². The Hall–Kier alpha value is -4.78. The molecule has 3 aromatic carbocycles. The number of benzene rings is 3. The standard InChI is InChI=1S/C37H41N5O2/c1-25-31(11-8-12-32(25)41-35(44)28-13-17-29(18-14-28)37(2,3)4)33-22-24-39-36(42-33)40-30-19-15-27(16-20-30)34(43)38-23-21-26-9-6-5-7-10-26/h8-9,11-20,22,24H,5-7,10,21,23H2,1-4H3,(H,38,43)(H,41,44)(H,39,40,42). The van der Waals surface area contributed by atoms with E-state index in [-0.39, 0.29) is 17.2 Å². The molecule has 0 unspecified atom stereocenters. The molecule has 7 nitrogen and oxygen atoms in total. The van der Waals surface area contributed by atoms with Gasteiger partial charge < -0.3 is 16.0 Å². The van der Waals surface area contributed by atoms with Crippen LogP contribution in [0.1, 0.15) is 84.7 Å². The lowest BCUT2D eigenvalue weighted by atomic mass is 9.86. The molecule has 1 aromatic heterocycles. The van der Waals surface area contributed by atoms with E-state index in [9.17, 15) is 9.59 Å². The number of carbonyl (C=O) groups is 2. The molecular weight excluding hydrogens is 546 g/mol. The smallest absolute Gasteiger partial charge is 0.255 e. The molecule has 3 N–H and O–H groups in total. The molecule has 4 aromatic rings. The maximum absolute atomic E-state index is 13.0. The van der Waals surface area contributed by atoms with Gasteiger partial charge in [-0.25, -0.2) is 9.97 Å². The summed E-state index contributed by atoms with van der Waals surface area (Å²) < 4.78 is 0. The van der Waals surface area contributed by atoms with E-state index in [4.69, 9.17) is 4.98 Å². The van der Waals surface area contributed by atoms with E-state index in [1.54, 1.807) is 18.3 Å². The van der Waals surface area contributed by atoms with Crippen molar-refractivity contribution in [2.45, 2.75) is 65.2 Å². The van der Waals surface area contributed by atoms with Crippen molar-refractivity contribution in [3.8, 4) is 11.3 Å². The molecule has 1 aliphatic carbocycles. The Morgan fingerprint density at radius 1 is 0.864 bits per heavy atom. The van der Waals surface area contributed by atoms with Gasteiger partial charge in [0.2, 0.25) is 5.95 Å². The van der Waals surface area contributed by atoms with Gasteiger partial charge in [-0.3, -0.25) is 9.59 Å². The van der Waals surface area contributed by atoms with E-state index in [1.807, 2.05) is 67.6 Å². The van der Waals surface area contributed by atoms with Crippen LogP contribution in [0.5, 0.6) is 0 Å². The molecule has 0 aliphatic heterocycles. The summed E-state index contributed by atoms with van der Waals surface area (Å²) in [7, 11) is 0. The second-order valence-corrected chi connectivity index (χ2v) is 12.3. The van der Waals surface area contributed by atoms with E-state index in [0.717, 1.165) is 47.5 Å². The normalized spacial score (nSPS) is 13.1. The molecule has 0 atom stereocenters. The van der Waals surface area contributed by atoms with Gasteiger partial charge in [0.25, 0.3) is 11.8 Å². The molecule has 0 saturated heterocycles. The van der Waals surface area contributed by atoms with Gasteiger partial charge >= 0.3 is 0 Å². The first kappa shape index (κ1) is 30.7. The number of carbonyl (C=O) groups excluding carboxylic acids is 2. The van der Waals surface area contributed by atoms with E-state index < -0.39 is 0 Å². The van der Waals surface area contributed by atoms with Crippen LogP contribution in [0.3, 0.4) is 0 Å². The minimum atomic E-state index is -0.158.